The first-order valence-corrected chi connectivity index (χ1v) is 4.94. The summed E-state index contributed by atoms with van der Waals surface area (Å²) in [5.74, 6) is -0.246. The summed E-state index contributed by atoms with van der Waals surface area (Å²) in [5.41, 5.74) is 0.856. The zero-order valence-corrected chi connectivity index (χ0v) is 9.27. The lowest BCUT2D eigenvalue weighted by molar-refractivity contribution is 0.0655. The lowest BCUT2D eigenvalue weighted by atomic mass is 10.2. The largest absolute Gasteiger partial charge is 0.374 e. The molecule has 0 bridgehead atoms. The molecule has 1 nitrogen and oxygen atoms in total. The van der Waals surface area contributed by atoms with E-state index in [9.17, 15) is 4.39 Å². The number of hydrogen-bond acceptors (Lipinski definition) is 1. The third kappa shape index (κ3) is 3.44. The van der Waals surface area contributed by atoms with Crippen molar-refractivity contribution >= 4 is 15.9 Å². The van der Waals surface area contributed by atoms with Crippen molar-refractivity contribution in [3.05, 3.63) is 34.1 Å². The molecular weight excluding hydrogens is 235 g/mol. The van der Waals surface area contributed by atoms with E-state index in [0.29, 0.717) is 11.1 Å². The van der Waals surface area contributed by atoms with E-state index in [0.717, 1.165) is 5.56 Å². The molecule has 0 aliphatic heterocycles. The molecule has 1 aromatic rings. The highest BCUT2D eigenvalue weighted by Crippen LogP contribution is 2.17. The fourth-order valence-electron chi connectivity index (χ4n) is 0.892. The van der Waals surface area contributed by atoms with Crippen molar-refractivity contribution in [2.45, 2.75) is 26.6 Å². The van der Waals surface area contributed by atoms with Gasteiger partial charge in [-0.1, -0.05) is 6.07 Å². The quantitative estimate of drug-likeness (QED) is 0.794. The fourth-order valence-corrected chi connectivity index (χ4v) is 1.14. The van der Waals surface area contributed by atoms with Crippen molar-refractivity contribution in [2.24, 2.45) is 0 Å². The highest BCUT2D eigenvalue weighted by Gasteiger charge is 2.01. The first-order chi connectivity index (χ1) is 6.09. The fraction of sp³-hybridized carbons (Fsp3) is 0.400. The van der Waals surface area contributed by atoms with Crippen LogP contribution in [0.5, 0.6) is 0 Å². The van der Waals surface area contributed by atoms with Gasteiger partial charge in [-0.25, -0.2) is 4.39 Å². The average molecular weight is 247 g/mol. The Balaban J connectivity index is 2.63. The Morgan fingerprint density at radius 2 is 2.15 bits per heavy atom. The predicted octanol–water partition coefficient (Wildman–Crippen LogP) is 3.51. The maximum Gasteiger partial charge on any atom is 0.137 e. The van der Waals surface area contributed by atoms with Crippen molar-refractivity contribution in [2.75, 3.05) is 0 Å². The number of hydrogen-bond donors (Lipinski definition) is 0. The van der Waals surface area contributed by atoms with Crippen LogP contribution in [0.3, 0.4) is 0 Å². The normalized spacial score (nSPS) is 10.8. The van der Waals surface area contributed by atoms with Crippen LogP contribution in [0.2, 0.25) is 0 Å². The van der Waals surface area contributed by atoms with Crippen molar-refractivity contribution in [3.63, 3.8) is 0 Å². The summed E-state index contributed by atoms with van der Waals surface area (Å²) in [6.07, 6.45) is 0.173. The van der Waals surface area contributed by atoms with Crippen LogP contribution in [-0.4, -0.2) is 6.10 Å². The summed E-state index contributed by atoms with van der Waals surface area (Å²) in [6.45, 7) is 4.37. The minimum absolute atomic E-state index is 0.173. The second-order valence-electron chi connectivity index (χ2n) is 3.11. The van der Waals surface area contributed by atoms with Gasteiger partial charge in [-0.05, 0) is 47.5 Å². The average Bonchev–Trinajstić information content (AvgIpc) is 2.07. The lowest BCUT2D eigenvalue weighted by Crippen LogP contribution is -2.02. The maximum atomic E-state index is 13.0. The minimum atomic E-state index is -0.246. The molecule has 0 fully saturated rings. The Morgan fingerprint density at radius 3 is 2.69 bits per heavy atom. The summed E-state index contributed by atoms with van der Waals surface area (Å²) in [7, 11) is 0. The molecule has 1 rings (SSSR count). The SMILES string of the molecule is CC(C)OCc1ccc(Br)c(F)c1. The molecule has 0 N–H and O–H groups in total. The van der Waals surface area contributed by atoms with Gasteiger partial charge in [-0.2, -0.15) is 0 Å². The molecule has 1 aromatic carbocycles. The van der Waals surface area contributed by atoms with E-state index in [1.165, 1.54) is 6.07 Å². The van der Waals surface area contributed by atoms with Gasteiger partial charge in [0.2, 0.25) is 0 Å². The monoisotopic (exact) mass is 246 g/mol. The smallest absolute Gasteiger partial charge is 0.137 e. The zero-order chi connectivity index (χ0) is 9.84. The zero-order valence-electron chi connectivity index (χ0n) is 7.68. The Hall–Kier alpha value is -0.410. The molecule has 0 unspecified atom stereocenters. The highest BCUT2D eigenvalue weighted by molar-refractivity contribution is 9.10. The topological polar surface area (TPSA) is 9.23 Å². The molecule has 0 saturated heterocycles. The first kappa shape index (κ1) is 10.7. The molecule has 0 atom stereocenters. The van der Waals surface area contributed by atoms with Gasteiger partial charge in [0.1, 0.15) is 5.82 Å². The highest BCUT2D eigenvalue weighted by atomic mass is 79.9. The van der Waals surface area contributed by atoms with Gasteiger partial charge < -0.3 is 4.74 Å². The van der Waals surface area contributed by atoms with E-state index in [2.05, 4.69) is 15.9 Å². The second kappa shape index (κ2) is 4.72. The van der Waals surface area contributed by atoms with Gasteiger partial charge in [-0.3, -0.25) is 0 Å². The van der Waals surface area contributed by atoms with Gasteiger partial charge >= 0.3 is 0 Å². The Morgan fingerprint density at radius 1 is 1.46 bits per heavy atom. The van der Waals surface area contributed by atoms with Crippen molar-refractivity contribution in [1.82, 2.24) is 0 Å². The molecule has 0 aromatic heterocycles. The van der Waals surface area contributed by atoms with Crippen molar-refractivity contribution in [1.29, 1.82) is 0 Å². The summed E-state index contributed by atoms with van der Waals surface area (Å²) in [4.78, 5) is 0. The number of rotatable bonds is 3. The lowest BCUT2D eigenvalue weighted by Gasteiger charge is -2.07. The molecule has 0 aliphatic carbocycles. The third-order valence-electron chi connectivity index (χ3n) is 1.57. The summed E-state index contributed by atoms with van der Waals surface area (Å²) >= 11 is 3.09. The van der Waals surface area contributed by atoms with Gasteiger partial charge in [0, 0.05) is 0 Å². The van der Waals surface area contributed by atoms with Crippen LogP contribution in [0, 0.1) is 5.82 Å². The standard InChI is InChI=1S/C10H12BrFO/c1-7(2)13-6-8-3-4-9(11)10(12)5-8/h3-5,7H,6H2,1-2H3. The Bertz CT molecular complexity index is 286. The summed E-state index contributed by atoms with van der Waals surface area (Å²) < 4.78 is 18.8. The van der Waals surface area contributed by atoms with E-state index in [-0.39, 0.29) is 11.9 Å². The van der Waals surface area contributed by atoms with E-state index >= 15 is 0 Å². The van der Waals surface area contributed by atoms with E-state index in [1.807, 2.05) is 19.9 Å². The molecule has 0 aliphatic rings. The number of halogens is 2. The maximum absolute atomic E-state index is 13.0. The number of benzene rings is 1. The molecule has 72 valence electrons. The van der Waals surface area contributed by atoms with Gasteiger partial charge in [-0.15, -0.1) is 0 Å². The molecule has 13 heavy (non-hydrogen) atoms. The molecule has 3 heteroatoms. The Labute approximate surface area is 86.0 Å². The summed E-state index contributed by atoms with van der Waals surface area (Å²) in [5, 5.41) is 0. The molecular formula is C10H12BrFO. The van der Waals surface area contributed by atoms with Crippen LogP contribution in [-0.2, 0) is 11.3 Å². The molecule has 0 heterocycles. The molecule has 0 spiro atoms. The summed E-state index contributed by atoms with van der Waals surface area (Å²) in [6, 6.07) is 5.01. The van der Waals surface area contributed by atoms with Crippen molar-refractivity contribution in [3.8, 4) is 0 Å². The van der Waals surface area contributed by atoms with E-state index in [4.69, 9.17) is 4.74 Å². The van der Waals surface area contributed by atoms with Crippen LogP contribution < -0.4 is 0 Å². The minimum Gasteiger partial charge on any atom is -0.374 e. The van der Waals surface area contributed by atoms with Crippen molar-refractivity contribution < 1.29 is 9.13 Å². The van der Waals surface area contributed by atoms with Gasteiger partial charge in [0.05, 0.1) is 17.2 Å². The van der Waals surface area contributed by atoms with Crippen LogP contribution in [0.15, 0.2) is 22.7 Å². The molecule has 0 amide bonds. The van der Waals surface area contributed by atoms with Crippen LogP contribution >= 0.6 is 15.9 Å². The second-order valence-corrected chi connectivity index (χ2v) is 3.96. The third-order valence-corrected chi connectivity index (χ3v) is 2.21. The van der Waals surface area contributed by atoms with Crippen LogP contribution in [0.4, 0.5) is 4.39 Å². The van der Waals surface area contributed by atoms with Gasteiger partial charge in [0.25, 0.3) is 0 Å². The van der Waals surface area contributed by atoms with E-state index < -0.39 is 0 Å². The van der Waals surface area contributed by atoms with E-state index in [1.54, 1.807) is 6.07 Å². The van der Waals surface area contributed by atoms with Gasteiger partial charge in [0.15, 0.2) is 0 Å². The van der Waals surface area contributed by atoms with Crippen LogP contribution in [0.1, 0.15) is 19.4 Å². The first-order valence-electron chi connectivity index (χ1n) is 4.15. The van der Waals surface area contributed by atoms with Crippen LogP contribution in [0.25, 0.3) is 0 Å². The Kier molecular flexibility index (Phi) is 3.88. The molecule has 0 radical (unpaired) electrons. The molecule has 0 saturated carbocycles. The number of ether oxygens (including phenoxy) is 1. The predicted molar refractivity (Wildman–Crippen MR) is 54.0 cm³/mol.